The Morgan fingerprint density at radius 1 is 1.03 bits per heavy atom. The van der Waals surface area contributed by atoms with Crippen LogP contribution >= 0.6 is 27.5 Å². The molecule has 0 spiro atoms. The van der Waals surface area contributed by atoms with Crippen LogP contribution in [0.5, 0.6) is 11.5 Å². The van der Waals surface area contributed by atoms with Crippen LogP contribution in [-0.4, -0.2) is 12.2 Å². The second-order valence-corrected chi connectivity index (χ2v) is 8.26. The average Bonchev–Trinajstić information content (AvgIpc) is 2.75. The predicted molar refractivity (Wildman–Crippen MR) is 119 cm³/mol. The molecular weight excluding hydrogens is 452 g/mol. The first kappa shape index (κ1) is 19.8. The van der Waals surface area contributed by atoms with Gasteiger partial charge in [-0.3, -0.25) is 0 Å². The van der Waals surface area contributed by atoms with E-state index in [0.717, 1.165) is 32.6 Å². The number of benzene rings is 3. The molecular formula is C23H21BrClN2O2+. The van der Waals surface area contributed by atoms with Crippen molar-refractivity contribution >= 4 is 33.2 Å². The molecule has 2 atom stereocenters. The molecule has 0 amide bonds. The molecule has 4 rings (SSSR count). The summed E-state index contributed by atoms with van der Waals surface area (Å²) < 4.78 is 6.31. The topological polar surface area (TPSA) is 58.1 Å². The van der Waals surface area contributed by atoms with Crippen LogP contribution in [0.1, 0.15) is 28.9 Å². The van der Waals surface area contributed by atoms with Crippen molar-refractivity contribution in [3.63, 3.8) is 0 Å². The zero-order chi connectivity index (χ0) is 20.4. The first-order valence-electron chi connectivity index (χ1n) is 9.25. The van der Waals surface area contributed by atoms with E-state index in [2.05, 4.69) is 44.8 Å². The van der Waals surface area contributed by atoms with Crippen molar-refractivity contribution in [1.82, 2.24) is 5.32 Å². The maximum absolute atomic E-state index is 10.5. The summed E-state index contributed by atoms with van der Waals surface area (Å²) in [4.78, 5) is 0. The van der Waals surface area contributed by atoms with Crippen molar-refractivity contribution < 1.29 is 15.2 Å². The molecule has 0 radical (unpaired) electrons. The molecule has 148 valence electrons. The van der Waals surface area contributed by atoms with Crippen molar-refractivity contribution in [2.45, 2.75) is 12.2 Å². The van der Waals surface area contributed by atoms with E-state index >= 15 is 0 Å². The van der Waals surface area contributed by atoms with Gasteiger partial charge in [-0.1, -0.05) is 27.5 Å². The molecule has 0 aliphatic carbocycles. The first-order valence-corrected chi connectivity index (χ1v) is 10.4. The second-order valence-electron chi connectivity index (χ2n) is 6.90. The van der Waals surface area contributed by atoms with Crippen molar-refractivity contribution in [2.75, 3.05) is 7.11 Å². The minimum atomic E-state index is -0.0966. The van der Waals surface area contributed by atoms with Crippen molar-refractivity contribution in [3.8, 4) is 11.5 Å². The number of hydrogen-bond acceptors (Lipinski definition) is 3. The highest BCUT2D eigenvalue weighted by Gasteiger charge is 2.29. The van der Waals surface area contributed by atoms with Gasteiger partial charge in [-0.25, -0.2) is 0 Å². The zero-order valence-corrected chi connectivity index (χ0v) is 18.1. The Hall–Kier alpha value is -2.47. The van der Waals surface area contributed by atoms with Gasteiger partial charge < -0.3 is 20.5 Å². The van der Waals surface area contributed by atoms with E-state index in [1.54, 1.807) is 19.2 Å². The molecule has 6 heteroatoms. The highest BCUT2D eigenvalue weighted by Crippen LogP contribution is 2.31. The fourth-order valence-corrected chi connectivity index (χ4v) is 3.95. The number of phenolic OH excluding ortho intramolecular Hbond substituents is 1. The molecule has 2 unspecified atom stereocenters. The number of methoxy groups -OCH3 is 1. The Balaban J connectivity index is 1.75. The van der Waals surface area contributed by atoms with Gasteiger partial charge in [-0.2, -0.15) is 0 Å². The summed E-state index contributed by atoms with van der Waals surface area (Å²) in [6.07, 6.45) is 2.09. The maximum Gasteiger partial charge on any atom is 0.186 e. The van der Waals surface area contributed by atoms with E-state index < -0.39 is 0 Å². The third kappa shape index (κ3) is 4.42. The molecule has 4 nitrogen and oxygen atoms in total. The molecule has 0 bridgehead atoms. The minimum absolute atomic E-state index is 0.0198. The molecule has 0 fully saturated rings. The smallest absolute Gasteiger partial charge is 0.186 e. The fraction of sp³-hybridized carbons (Fsp3) is 0.130. The third-order valence-corrected chi connectivity index (χ3v) is 5.80. The molecule has 3 aromatic carbocycles. The molecule has 1 aliphatic heterocycles. The van der Waals surface area contributed by atoms with E-state index in [-0.39, 0.29) is 18.0 Å². The third-order valence-electron chi connectivity index (χ3n) is 5.04. The number of nitrogens with one attached hydrogen (secondary N) is 1. The quantitative estimate of drug-likeness (QED) is 0.513. The van der Waals surface area contributed by atoms with Crippen LogP contribution in [0.25, 0.3) is 5.70 Å². The molecule has 0 saturated carbocycles. The Kier molecular flexibility index (Phi) is 5.81. The Morgan fingerprint density at radius 2 is 1.76 bits per heavy atom. The van der Waals surface area contributed by atoms with E-state index in [4.69, 9.17) is 16.3 Å². The summed E-state index contributed by atoms with van der Waals surface area (Å²) in [5.74, 6) is 1.04. The number of quaternary nitrogens is 1. The van der Waals surface area contributed by atoms with Gasteiger partial charge in [0.2, 0.25) is 0 Å². The number of aromatic hydroxyl groups is 1. The highest BCUT2D eigenvalue weighted by atomic mass is 79.9. The summed E-state index contributed by atoms with van der Waals surface area (Å²) in [7, 11) is 1.66. The lowest BCUT2D eigenvalue weighted by Gasteiger charge is -2.30. The molecule has 29 heavy (non-hydrogen) atoms. The lowest BCUT2D eigenvalue weighted by atomic mass is 9.98. The average molecular weight is 473 g/mol. The van der Waals surface area contributed by atoms with Crippen LogP contribution in [0.15, 0.2) is 77.3 Å². The number of hydrogen-bond donors (Lipinski definition) is 3. The van der Waals surface area contributed by atoms with Crippen LogP contribution in [0, 0.1) is 0 Å². The number of nitrogens with two attached hydrogens (primary N) is 1. The molecule has 1 heterocycles. The molecule has 4 N–H and O–H groups in total. The van der Waals surface area contributed by atoms with Crippen LogP contribution in [0.4, 0.5) is 0 Å². The minimum Gasteiger partial charge on any atom is -0.507 e. The van der Waals surface area contributed by atoms with Crippen LogP contribution in [0.2, 0.25) is 5.02 Å². The van der Waals surface area contributed by atoms with E-state index in [1.807, 2.05) is 42.5 Å². The van der Waals surface area contributed by atoms with Crippen LogP contribution in [0.3, 0.4) is 0 Å². The van der Waals surface area contributed by atoms with Gasteiger partial charge in [-0.15, -0.1) is 0 Å². The van der Waals surface area contributed by atoms with Gasteiger partial charge in [-0.05, 0) is 72.3 Å². The molecule has 1 aliphatic rings. The van der Waals surface area contributed by atoms with Crippen molar-refractivity contribution in [3.05, 3.63) is 99.0 Å². The van der Waals surface area contributed by atoms with E-state index in [9.17, 15) is 5.11 Å². The number of halogens is 2. The standard InChI is InChI=1S/C23H20BrClN2O2/c1-29-18-9-4-14(5-10-18)20-13-21(19-12-17(25)8-11-22(19)28)27-23(26-20)15-2-6-16(24)7-3-15/h2-13,21,23,26-28H,1H3/p+1. The van der Waals surface area contributed by atoms with Crippen LogP contribution < -0.4 is 15.4 Å². The van der Waals surface area contributed by atoms with Crippen molar-refractivity contribution in [2.24, 2.45) is 0 Å². The van der Waals surface area contributed by atoms with Gasteiger partial charge in [0.05, 0.1) is 12.7 Å². The number of rotatable bonds is 4. The maximum atomic E-state index is 10.5. The van der Waals surface area contributed by atoms with E-state index in [0.29, 0.717) is 5.02 Å². The van der Waals surface area contributed by atoms with Crippen molar-refractivity contribution in [1.29, 1.82) is 0 Å². The van der Waals surface area contributed by atoms with Gasteiger partial charge in [0.15, 0.2) is 6.17 Å². The summed E-state index contributed by atoms with van der Waals surface area (Å²) in [6, 6.07) is 21.2. The summed E-state index contributed by atoms with van der Waals surface area (Å²) in [5.41, 5.74) is 3.96. The zero-order valence-electron chi connectivity index (χ0n) is 15.8. The fourth-order valence-electron chi connectivity index (χ4n) is 3.51. The number of ether oxygens (including phenoxy) is 1. The van der Waals surface area contributed by atoms with Gasteiger partial charge >= 0.3 is 0 Å². The number of phenols is 1. The lowest BCUT2D eigenvalue weighted by Crippen LogP contribution is -2.89. The van der Waals surface area contributed by atoms with Gasteiger partial charge in [0, 0.05) is 26.8 Å². The summed E-state index contributed by atoms with van der Waals surface area (Å²) in [6.45, 7) is 0. The highest BCUT2D eigenvalue weighted by molar-refractivity contribution is 9.10. The van der Waals surface area contributed by atoms with E-state index in [1.165, 1.54) is 0 Å². The SMILES string of the molecule is COc1ccc(C2=CC(c3cc(Cl)ccc3O)[NH2+]C(c3ccc(Br)cc3)N2)cc1. The lowest BCUT2D eigenvalue weighted by molar-refractivity contribution is -0.731. The normalized spacial score (nSPS) is 18.7. The Bertz CT molecular complexity index is 1040. The molecule has 0 aromatic heterocycles. The largest absolute Gasteiger partial charge is 0.507 e. The Labute approximate surface area is 183 Å². The van der Waals surface area contributed by atoms with Gasteiger partial charge in [0.1, 0.15) is 17.5 Å². The van der Waals surface area contributed by atoms with Crippen LogP contribution in [-0.2, 0) is 0 Å². The summed E-state index contributed by atoms with van der Waals surface area (Å²) in [5, 5.41) is 16.8. The summed E-state index contributed by atoms with van der Waals surface area (Å²) >= 11 is 9.71. The van der Waals surface area contributed by atoms with Gasteiger partial charge in [0.25, 0.3) is 0 Å². The monoisotopic (exact) mass is 471 g/mol. The first-order chi connectivity index (χ1) is 14.0. The Morgan fingerprint density at radius 3 is 2.45 bits per heavy atom. The molecule has 0 saturated heterocycles. The molecule has 3 aromatic rings. The second kappa shape index (κ2) is 8.49. The predicted octanol–water partition coefficient (Wildman–Crippen LogP) is 4.76.